The summed E-state index contributed by atoms with van der Waals surface area (Å²) < 4.78 is 11.2. The summed E-state index contributed by atoms with van der Waals surface area (Å²) >= 11 is 0. The van der Waals surface area contributed by atoms with Crippen LogP contribution in [-0.4, -0.2) is 21.8 Å². The molecule has 0 aromatic carbocycles. The van der Waals surface area contributed by atoms with E-state index in [1.165, 1.54) is 12.8 Å². The maximum Gasteiger partial charge on any atom is 0.0389 e. The first-order valence-electron chi connectivity index (χ1n) is 4.34. The van der Waals surface area contributed by atoms with Gasteiger partial charge < -0.3 is 5.73 Å². The van der Waals surface area contributed by atoms with Crippen LogP contribution in [0.25, 0.3) is 0 Å². The van der Waals surface area contributed by atoms with Gasteiger partial charge in [0.05, 0.1) is 0 Å². The first-order chi connectivity index (χ1) is 5.24. The lowest BCUT2D eigenvalue weighted by Crippen LogP contribution is -2.29. The maximum absolute atomic E-state index is 11.2. The Kier molecular flexibility index (Phi) is 3.52. The Balaban J connectivity index is 2.12. The monoisotopic (exact) mass is 175 g/mol. The van der Waals surface area contributed by atoms with E-state index in [1.807, 2.05) is 0 Å². The molecule has 1 saturated carbocycles. The summed E-state index contributed by atoms with van der Waals surface area (Å²) in [5, 5.41) is 0. The molecule has 2 N–H and O–H groups in total. The van der Waals surface area contributed by atoms with E-state index in [4.69, 9.17) is 5.73 Å². The molecular formula is C8H17NOS. The Hall–Kier alpha value is 0.110. The second-order valence-electron chi connectivity index (χ2n) is 3.31. The van der Waals surface area contributed by atoms with Crippen molar-refractivity contribution in [2.24, 2.45) is 11.7 Å². The summed E-state index contributed by atoms with van der Waals surface area (Å²) in [6, 6.07) is 0.211. The molecule has 2 unspecified atom stereocenters. The molecular weight excluding hydrogens is 158 g/mol. The fraction of sp³-hybridized carbons (Fsp3) is 1.00. The van der Waals surface area contributed by atoms with E-state index in [-0.39, 0.29) is 6.04 Å². The lowest BCUT2D eigenvalue weighted by molar-refractivity contribution is 0.634. The van der Waals surface area contributed by atoms with E-state index >= 15 is 0 Å². The van der Waals surface area contributed by atoms with Crippen LogP contribution in [0.3, 0.4) is 0 Å². The van der Waals surface area contributed by atoms with Crippen molar-refractivity contribution >= 4 is 10.8 Å². The maximum atomic E-state index is 11.2. The van der Waals surface area contributed by atoms with Gasteiger partial charge in [0.1, 0.15) is 0 Å². The predicted octanol–water partition coefficient (Wildman–Crippen LogP) is 0.882. The highest BCUT2D eigenvalue weighted by Gasteiger charge is 2.29. The van der Waals surface area contributed by atoms with Crippen LogP contribution in [-0.2, 0) is 10.8 Å². The Labute approximate surface area is 71.0 Å². The van der Waals surface area contributed by atoms with Crippen LogP contribution in [0.1, 0.15) is 26.2 Å². The quantitative estimate of drug-likeness (QED) is 0.674. The van der Waals surface area contributed by atoms with Gasteiger partial charge in [0.2, 0.25) is 0 Å². The van der Waals surface area contributed by atoms with Crippen LogP contribution in [0, 0.1) is 5.92 Å². The third kappa shape index (κ3) is 3.34. The summed E-state index contributed by atoms with van der Waals surface area (Å²) in [7, 11) is -0.656. The van der Waals surface area contributed by atoms with Crippen molar-refractivity contribution in [3.8, 4) is 0 Å². The van der Waals surface area contributed by atoms with Crippen LogP contribution < -0.4 is 5.73 Å². The lowest BCUT2D eigenvalue weighted by Gasteiger charge is -2.08. The minimum Gasteiger partial charge on any atom is -0.327 e. The van der Waals surface area contributed by atoms with Crippen molar-refractivity contribution in [2.45, 2.75) is 32.2 Å². The first-order valence-corrected chi connectivity index (χ1v) is 5.83. The molecule has 3 heteroatoms. The van der Waals surface area contributed by atoms with Crippen molar-refractivity contribution in [2.75, 3.05) is 11.5 Å². The number of rotatable bonds is 5. The zero-order valence-corrected chi connectivity index (χ0v) is 7.90. The van der Waals surface area contributed by atoms with Crippen molar-refractivity contribution in [1.29, 1.82) is 0 Å². The van der Waals surface area contributed by atoms with E-state index in [0.29, 0.717) is 5.92 Å². The van der Waals surface area contributed by atoms with Crippen molar-refractivity contribution in [3.63, 3.8) is 0 Å². The molecule has 1 fully saturated rings. The van der Waals surface area contributed by atoms with E-state index in [1.54, 1.807) is 0 Å². The molecule has 0 amide bonds. The van der Waals surface area contributed by atoms with Gasteiger partial charge in [0.25, 0.3) is 0 Å². The molecule has 66 valence electrons. The minimum atomic E-state index is -0.656. The Morgan fingerprint density at radius 3 is 2.73 bits per heavy atom. The van der Waals surface area contributed by atoms with Gasteiger partial charge in [-0.05, 0) is 25.2 Å². The normalized spacial score (nSPS) is 23.1. The average molecular weight is 175 g/mol. The fourth-order valence-electron chi connectivity index (χ4n) is 1.19. The highest BCUT2D eigenvalue weighted by Crippen LogP contribution is 2.31. The largest absolute Gasteiger partial charge is 0.327 e. The summed E-state index contributed by atoms with van der Waals surface area (Å²) in [5.74, 6) is 2.23. The van der Waals surface area contributed by atoms with E-state index < -0.39 is 10.8 Å². The molecule has 1 aliphatic carbocycles. The fourth-order valence-corrected chi connectivity index (χ4v) is 2.51. The number of nitrogens with two attached hydrogens (primary N) is 1. The molecule has 0 aliphatic heterocycles. The second-order valence-corrected chi connectivity index (χ2v) is 4.93. The summed E-state index contributed by atoms with van der Waals surface area (Å²) in [5.41, 5.74) is 5.82. The molecule has 2 nitrogen and oxygen atoms in total. The summed E-state index contributed by atoms with van der Waals surface area (Å²) in [6.07, 6.45) is 3.51. The SMILES string of the molecule is CCCS(=O)CC(N)C1CC1. The van der Waals surface area contributed by atoms with Gasteiger partial charge in [-0.15, -0.1) is 0 Å². The van der Waals surface area contributed by atoms with E-state index in [0.717, 1.165) is 17.9 Å². The first kappa shape index (κ1) is 9.20. The van der Waals surface area contributed by atoms with E-state index in [9.17, 15) is 4.21 Å². The Morgan fingerprint density at radius 1 is 1.64 bits per heavy atom. The topological polar surface area (TPSA) is 43.1 Å². The number of hydrogen-bond donors (Lipinski definition) is 1. The van der Waals surface area contributed by atoms with Crippen molar-refractivity contribution in [1.82, 2.24) is 0 Å². The smallest absolute Gasteiger partial charge is 0.0389 e. The van der Waals surface area contributed by atoms with Gasteiger partial charge in [-0.2, -0.15) is 0 Å². The Morgan fingerprint density at radius 2 is 2.27 bits per heavy atom. The van der Waals surface area contributed by atoms with Crippen molar-refractivity contribution < 1.29 is 4.21 Å². The molecule has 1 rings (SSSR count). The Bertz CT molecular complexity index is 145. The third-order valence-corrected chi connectivity index (χ3v) is 3.66. The van der Waals surface area contributed by atoms with Crippen LogP contribution in [0.2, 0.25) is 0 Å². The highest BCUT2D eigenvalue weighted by atomic mass is 32.2. The minimum absolute atomic E-state index is 0.211. The zero-order valence-electron chi connectivity index (χ0n) is 7.08. The van der Waals surface area contributed by atoms with Gasteiger partial charge in [0.15, 0.2) is 0 Å². The molecule has 0 aromatic heterocycles. The highest BCUT2D eigenvalue weighted by molar-refractivity contribution is 7.85. The molecule has 11 heavy (non-hydrogen) atoms. The zero-order chi connectivity index (χ0) is 8.27. The molecule has 0 heterocycles. The van der Waals surface area contributed by atoms with Gasteiger partial charge in [-0.25, -0.2) is 0 Å². The molecule has 2 atom stereocenters. The predicted molar refractivity (Wildman–Crippen MR) is 48.9 cm³/mol. The van der Waals surface area contributed by atoms with Gasteiger partial charge in [-0.3, -0.25) is 4.21 Å². The average Bonchev–Trinajstić information content (AvgIpc) is 2.67. The van der Waals surface area contributed by atoms with Crippen LogP contribution in [0.15, 0.2) is 0 Å². The summed E-state index contributed by atoms with van der Waals surface area (Å²) in [6.45, 7) is 2.06. The van der Waals surface area contributed by atoms with Gasteiger partial charge in [-0.1, -0.05) is 6.92 Å². The number of hydrogen-bond acceptors (Lipinski definition) is 2. The van der Waals surface area contributed by atoms with Crippen LogP contribution in [0.5, 0.6) is 0 Å². The van der Waals surface area contributed by atoms with Crippen LogP contribution >= 0.6 is 0 Å². The van der Waals surface area contributed by atoms with Crippen LogP contribution in [0.4, 0.5) is 0 Å². The molecule has 0 bridgehead atoms. The second kappa shape index (κ2) is 4.21. The van der Waals surface area contributed by atoms with E-state index in [2.05, 4.69) is 6.92 Å². The lowest BCUT2D eigenvalue weighted by atomic mass is 10.2. The molecule has 1 aliphatic rings. The molecule has 0 saturated heterocycles. The van der Waals surface area contributed by atoms with Gasteiger partial charge in [0, 0.05) is 28.3 Å². The third-order valence-electron chi connectivity index (χ3n) is 2.04. The molecule has 0 radical (unpaired) electrons. The molecule has 0 aromatic rings. The molecule has 0 spiro atoms. The van der Waals surface area contributed by atoms with Crippen molar-refractivity contribution in [3.05, 3.63) is 0 Å². The van der Waals surface area contributed by atoms with Gasteiger partial charge >= 0.3 is 0 Å². The standard InChI is InChI=1S/C8H17NOS/c1-2-5-11(10)6-8(9)7-3-4-7/h7-8H,2-6,9H2,1H3. The summed E-state index contributed by atoms with van der Waals surface area (Å²) in [4.78, 5) is 0.